The van der Waals surface area contributed by atoms with Crippen molar-refractivity contribution in [1.82, 2.24) is 5.32 Å². The summed E-state index contributed by atoms with van der Waals surface area (Å²) in [6, 6.07) is -0.712. The Hall–Kier alpha value is -1.06. The van der Waals surface area contributed by atoms with Crippen LogP contribution in [-0.4, -0.2) is 23.0 Å². The van der Waals surface area contributed by atoms with Crippen LogP contribution in [0.2, 0.25) is 0 Å². The lowest BCUT2D eigenvalue weighted by molar-refractivity contribution is -0.143. The van der Waals surface area contributed by atoms with Gasteiger partial charge in [0, 0.05) is 5.41 Å². The summed E-state index contributed by atoms with van der Waals surface area (Å²) in [6.07, 6.45) is 4.90. The zero-order chi connectivity index (χ0) is 12.2. The number of aliphatic carboxylic acids is 1. The molecule has 0 radical (unpaired) electrons. The maximum absolute atomic E-state index is 11.9. The summed E-state index contributed by atoms with van der Waals surface area (Å²) in [5, 5.41) is 11.7. The minimum atomic E-state index is -0.922. The quantitative estimate of drug-likeness (QED) is 0.698. The molecule has 1 amide bonds. The first kappa shape index (κ1) is 13.0. The van der Waals surface area contributed by atoms with E-state index in [-0.39, 0.29) is 11.3 Å². The number of carboxylic acid groups (broad SMARTS) is 1. The molecule has 0 aromatic carbocycles. The van der Waals surface area contributed by atoms with Crippen molar-refractivity contribution < 1.29 is 14.7 Å². The molecule has 4 heteroatoms. The van der Waals surface area contributed by atoms with E-state index in [9.17, 15) is 9.59 Å². The van der Waals surface area contributed by atoms with Gasteiger partial charge >= 0.3 is 5.97 Å². The average Bonchev–Trinajstić information content (AvgIpc) is 3.04. The predicted molar refractivity (Wildman–Crippen MR) is 61.0 cm³/mol. The number of nitrogens with one attached hydrogen (secondary N) is 1. The number of carbonyl (C=O) groups is 2. The van der Waals surface area contributed by atoms with Crippen molar-refractivity contribution in [3.8, 4) is 0 Å². The number of unbranched alkanes of at least 4 members (excludes halogenated alkanes) is 1. The zero-order valence-electron chi connectivity index (χ0n) is 10.1. The van der Waals surface area contributed by atoms with E-state index in [2.05, 4.69) is 5.32 Å². The van der Waals surface area contributed by atoms with Crippen LogP contribution in [0.15, 0.2) is 0 Å². The minimum absolute atomic E-state index is 0.0708. The Balaban J connectivity index is 2.48. The predicted octanol–water partition coefficient (Wildman–Crippen LogP) is 1.94. The first-order valence-corrected chi connectivity index (χ1v) is 6.09. The summed E-state index contributed by atoms with van der Waals surface area (Å²) in [6.45, 7) is 3.99. The highest BCUT2D eigenvalue weighted by Crippen LogP contribution is 2.48. The SMILES string of the molecule is CCCC[C@H](NC(=O)C1(CC)CC1)C(=O)O. The molecule has 16 heavy (non-hydrogen) atoms. The van der Waals surface area contributed by atoms with Crippen molar-refractivity contribution in [1.29, 1.82) is 0 Å². The lowest BCUT2D eigenvalue weighted by atomic mass is 10.0. The summed E-state index contributed by atoms with van der Waals surface area (Å²) in [5.74, 6) is -0.993. The molecule has 1 aliphatic rings. The third-order valence-electron chi connectivity index (χ3n) is 3.46. The standard InChI is InChI=1S/C12H21NO3/c1-3-5-6-9(10(14)15)13-11(16)12(4-2)7-8-12/h9H,3-8H2,1-2H3,(H,13,16)(H,14,15)/t9-/m0/s1. The molecular formula is C12H21NO3. The number of hydrogen-bond donors (Lipinski definition) is 2. The number of rotatable bonds is 7. The van der Waals surface area contributed by atoms with Gasteiger partial charge < -0.3 is 10.4 Å². The fourth-order valence-electron chi connectivity index (χ4n) is 1.87. The van der Waals surface area contributed by atoms with Crippen LogP contribution in [-0.2, 0) is 9.59 Å². The maximum Gasteiger partial charge on any atom is 0.326 e. The third kappa shape index (κ3) is 2.97. The molecule has 0 aromatic rings. The molecule has 1 atom stereocenters. The van der Waals surface area contributed by atoms with Crippen LogP contribution in [0.25, 0.3) is 0 Å². The maximum atomic E-state index is 11.9. The van der Waals surface area contributed by atoms with Crippen molar-refractivity contribution in [2.45, 2.75) is 58.4 Å². The number of carbonyl (C=O) groups excluding carboxylic acids is 1. The minimum Gasteiger partial charge on any atom is -0.480 e. The normalized spacial score (nSPS) is 18.9. The monoisotopic (exact) mass is 227 g/mol. The van der Waals surface area contributed by atoms with Crippen LogP contribution in [0.5, 0.6) is 0 Å². The molecule has 1 rings (SSSR count). The molecular weight excluding hydrogens is 206 g/mol. The highest BCUT2D eigenvalue weighted by molar-refractivity contribution is 5.89. The van der Waals surface area contributed by atoms with Gasteiger partial charge in [-0.1, -0.05) is 26.7 Å². The third-order valence-corrected chi connectivity index (χ3v) is 3.46. The Labute approximate surface area is 96.4 Å². The van der Waals surface area contributed by atoms with E-state index in [1.54, 1.807) is 0 Å². The molecule has 0 unspecified atom stereocenters. The van der Waals surface area contributed by atoms with Crippen LogP contribution >= 0.6 is 0 Å². The summed E-state index contributed by atoms with van der Waals surface area (Å²) >= 11 is 0. The summed E-state index contributed by atoms with van der Waals surface area (Å²) in [7, 11) is 0. The Morgan fingerprint density at radius 2 is 2.00 bits per heavy atom. The molecule has 1 fully saturated rings. The topological polar surface area (TPSA) is 66.4 Å². The van der Waals surface area contributed by atoms with Gasteiger partial charge in [0.2, 0.25) is 5.91 Å². The molecule has 0 aromatic heterocycles. The molecule has 1 saturated carbocycles. The zero-order valence-corrected chi connectivity index (χ0v) is 10.1. The number of amides is 1. The van der Waals surface area contributed by atoms with Gasteiger partial charge in [0.15, 0.2) is 0 Å². The molecule has 4 nitrogen and oxygen atoms in total. The Kier molecular flexibility index (Phi) is 4.33. The van der Waals surface area contributed by atoms with E-state index in [4.69, 9.17) is 5.11 Å². The van der Waals surface area contributed by atoms with Crippen LogP contribution in [0.1, 0.15) is 52.4 Å². The van der Waals surface area contributed by atoms with Crippen LogP contribution < -0.4 is 5.32 Å². The van der Waals surface area contributed by atoms with Gasteiger partial charge in [-0.2, -0.15) is 0 Å². The molecule has 0 saturated heterocycles. The second-order valence-corrected chi connectivity index (χ2v) is 4.64. The van der Waals surface area contributed by atoms with Gasteiger partial charge in [-0.15, -0.1) is 0 Å². The Morgan fingerprint density at radius 3 is 2.38 bits per heavy atom. The molecule has 0 heterocycles. The van der Waals surface area contributed by atoms with Gasteiger partial charge in [0.25, 0.3) is 0 Å². The molecule has 92 valence electrons. The van der Waals surface area contributed by atoms with Crippen molar-refractivity contribution >= 4 is 11.9 Å². The van der Waals surface area contributed by atoms with Crippen LogP contribution in [0, 0.1) is 5.41 Å². The van der Waals surface area contributed by atoms with Crippen molar-refractivity contribution in [3.05, 3.63) is 0 Å². The van der Waals surface area contributed by atoms with Gasteiger partial charge in [-0.05, 0) is 25.7 Å². The first-order chi connectivity index (χ1) is 7.55. The Morgan fingerprint density at radius 1 is 1.38 bits per heavy atom. The van der Waals surface area contributed by atoms with E-state index in [0.717, 1.165) is 32.1 Å². The summed E-state index contributed by atoms with van der Waals surface area (Å²) in [4.78, 5) is 22.8. The number of carboxylic acids is 1. The smallest absolute Gasteiger partial charge is 0.326 e. The molecule has 0 bridgehead atoms. The Bertz CT molecular complexity index is 271. The first-order valence-electron chi connectivity index (χ1n) is 6.09. The summed E-state index contributed by atoms with van der Waals surface area (Å²) < 4.78 is 0. The highest BCUT2D eigenvalue weighted by Gasteiger charge is 2.48. The molecule has 2 N–H and O–H groups in total. The largest absolute Gasteiger partial charge is 0.480 e. The average molecular weight is 227 g/mol. The van der Waals surface area contributed by atoms with Crippen LogP contribution in [0.4, 0.5) is 0 Å². The lowest BCUT2D eigenvalue weighted by Crippen LogP contribution is -2.44. The van der Waals surface area contributed by atoms with Crippen molar-refractivity contribution in [2.75, 3.05) is 0 Å². The van der Waals surface area contributed by atoms with E-state index >= 15 is 0 Å². The van der Waals surface area contributed by atoms with E-state index < -0.39 is 12.0 Å². The van der Waals surface area contributed by atoms with Crippen molar-refractivity contribution in [2.24, 2.45) is 5.41 Å². The molecule has 0 spiro atoms. The van der Waals surface area contributed by atoms with Crippen molar-refractivity contribution in [3.63, 3.8) is 0 Å². The lowest BCUT2D eigenvalue weighted by Gasteiger charge is -2.18. The molecule has 1 aliphatic carbocycles. The second-order valence-electron chi connectivity index (χ2n) is 4.64. The van der Waals surface area contributed by atoms with Gasteiger partial charge in [-0.3, -0.25) is 4.79 Å². The second kappa shape index (κ2) is 5.32. The van der Waals surface area contributed by atoms with E-state index in [0.29, 0.717) is 6.42 Å². The molecule has 0 aliphatic heterocycles. The fraction of sp³-hybridized carbons (Fsp3) is 0.833. The van der Waals surface area contributed by atoms with Gasteiger partial charge in [-0.25, -0.2) is 4.79 Å². The highest BCUT2D eigenvalue weighted by atomic mass is 16.4. The fourth-order valence-corrected chi connectivity index (χ4v) is 1.87. The van der Waals surface area contributed by atoms with E-state index in [1.807, 2.05) is 13.8 Å². The van der Waals surface area contributed by atoms with Gasteiger partial charge in [0.1, 0.15) is 6.04 Å². The van der Waals surface area contributed by atoms with E-state index in [1.165, 1.54) is 0 Å². The van der Waals surface area contributed by atoms with Crippen LogP contribution in [0.3, 0.4) is 0 Å². The van der Waals surface area contributed by atoms with Gasteiger partial charge in [0.05, 0.1) is 0 Å². The summed E-state index contributed by atoms with van der Waals surface area (Å²) in [5.41, 5.74) is -0.250. The number of hydrogen-bond acceptors (Lipinski definition) is 2.